The standard InChI is InChI=1S/C22H20N6O/c1-15-20(14-28(27-15)19-9-4-3-5-10-19)21-11-12-23-22(26-21)25-18-8-6-7-17(13-18)24-16(2)29/h3-14H,1-2H3,(H,24,29)(H,23,25,26). The summed E-state index contributed by atoms with van der Waals surface area (Å²) < 4.78 is 1.84. The third-order valence-electron chi connectivity index (χ3n) is 4.29. The van der Waals surface area contributed by atoms with Crippen LogP contribution in [-0.4, -0.2) is 25.7 Å². The van der Waals surface area contributed by atoms with Crippen LogP contribution in [0.4, 0.5) is 17.3 Å². The number of carbonyl (C=O) groups is 1. The van der Waals surface area contributed by atoms with Crippen molar-refractivity contribution in [3.63, 3.8) is 0 Å². The van der Waals surface area contributed by atoms with Gasteiger partial charge in [0.2, 0.25) is 11.9 Å². The SMILES string of the molecule is CC(=O)Nc1cccc(Nc2nccc(-c3cn(-c4ccccc4)nc3C)n2)c1. The van der Waals surface area contributed by atoms with Gasteiger partial charge in [-0.3, -0.25) is 4.79 Å². The Labute approximate surface area is 168 Å². The van der Waals surface area contributed by atoms with E-state index < -0.39 is 0 Å². The van der Waals surface area contributed by atoms with E-state index >= 15 is 0 Å². The van der Waals surface area contributed by atoms with Crippen LogP contribution < -0.4 is 10.6 Å². The van der Waals surface area contributed by atoms with Crippen LogP contribution >= 0.6 is 0 Å². The van der Waals surface area contributed by atoms with E-state index in [1.807, 2.05) is 78.5 Å². The van der Waals surface area contributed by atoms with Crippen molar-refractivity contribution in [3.05, 3.63) is 78.8 Å². The van der Waals surface area contributed by atoms with Gasteiger partial charge in [-0.1, -0.05) is 24.3 Å². The Morgan fingerprint density at radius 3 is 2.59 bits per heavy atom. The summed E-state index contributed by atoms with van der Waals surface area (Å²) in [6.07, 6.45) is 3.68. The molecule has 2 aromatic carbocycles. The summed E-state index contributed by atoms with van der Waals surface area (Å²) in [6.45, 7) is 3.44. The minimum Gasteiger partial charge on any atom is -0.326 e. The van der Waals surface area contributed by atoms with Crippen LogP contribution in [-0.2, 0) is 4.79 Å². The molecule has 0 bridgehead atoms. The fourth-order valence-corrected chi connectivity index (χ4v) is 3.00. The van der Waals surface area contributed by atoms with Crippen LogP contribution in [0.5, 0.6) is 0 Å². The molecular formula is C22H20N6O. The van der Waals surface area contributed by atoms with Crippen molar-refractivity contribution in [1.82, 2.24) is 19.7 Å². The van der Waals surface area contributed by atoms with Crippen LogP contribution in [0, 0.1) is 6.92 Å². The molecule has 0 radical (unpaired) electrons. The van der Waals surface area contributed by atoms with E-state index in [0.29, 0.717) is 11.6 Å². The van der Waals surface area contributed by atoms with Gasteiger partial charge in [-0.25, -0.2) is 14.6 Å². The summed E-state index contributed by atoms with van der Waals surface area (Å²) >= 11 is 0. The minimum atomic E-state index is -0.119. The van der Waals surface area contributed by atoms with Gasteiger partial charge in [0.25, 0.3) is 0 Å². The fourth-order valence-electron chi connectivity index (χ4n) is 3.00. The number of hydrogen-bond donors (Lipinski definition) is 2. The van der Waals surface area contributed by atoms with Gasteiger partial charge in [0.05, 0.1) is 17.1 Å². The Morgan fingerprint density at radius 2 is 1.79 bits per heavy atom. The molecule has 2 aromatic heterocycles. The molecule has 4 aromatic rings. The molecule has 0 saturated heterocycles. The largest absolute Gasteiger partial charge is 0.326 e. The molecule has 1 amide bonds. The lowest BCUT2D eigenvalue weighted by Gasteiger charge is -2.08. The lowest BCUT2D eigenvalue weighted by molar-refractivity contribution is -0.114. The van der Waals surface area contributed by atoms with E-state index in [2.05, 4.69) is 25.7 Å². The third-order valence-corrected chi connectivity index (χ3v) is 4.29. The number of nitrogens with zero attached hydrogens (tertiary/aromatic N) is 4. The zero-order valence-corrected chi connectivity index (χ0v) is 16.1. The number of aryl methyl sites for hydroxylation is 1. The third kappa shape index (κ3) is 4.30. The van der Waals surface area contributed by atoms with Crippen LogP contribution in [0.15, 0.2) is 73.1 Å². The van der Waals surface area contributed by atoms with Crippen LogP contribution in [0.2, 0.25) is 0 Å². The van der Waals surface area contributed by atoms with E-state index in [9.17, 15) is 4.79 Å². The highest BCUT2D eigenvalue weighted by Gasteiger charge is 2.11. The quantitative estimate of drug-likeness (QED) is 0.535. The van der Waals surface area contributed by atoms with E-state index in [0.717, 1.165) is 28.3 Å². The summed E-state index contributed by atoms with van der Waals surface area (Å²) in [4.78, 5) is 20.2. The minimum absolute atomic E-state index is 0.119. The Morgan fingerprint density at radius 1 is 1.00 bits per heavy atom. The highest BCUT2D eigenvalue weighted by Crippen LogP contribution is 2.24. The normalized spacial score (nSPS) is 10.6. The lowest BCUT2D eigenvalue weighted by atomic mass is 10.2. The second-order valence-electron chi connectivity index (χ2n) is 6.56. The van der Waals surface area contributed by atoms with Gasteiger partial charge in [0, 0.05) is 36.3 Å². The van der Waals surface area contributed by atoms with Crippen LogP contribution in [0.3, 0.4) is 0 Å². The van der Waals surface area contributed by atoms with E-state index in [4.69, 9.17) is 0 Å². The average molecular weight is 384 g/mol. The van der Waals surface area contributed by atoms with E-state index in [1.54, 1.807) is 6.20 Å². The topological polar surface area (TPSA) is 84.7 Å². The molecule has 7 heteroatoms. The van der Waals surface area contributed by atoms with Crippen molar-refractivity contribution in [3.8, 4) is 16.9 Å². The molecule has 0 aliphatic heterocycles. The van der Waals surface area contributed by atoms with Gasteiger partial charge >= 0.3 is 0 Å². The van der Waals surface area contributed by atoms with Gasteiger partial charge in [-0.2, -0.15) is 5.10 Å². The molecule has 4 rings (SSSR count). The smallest absolute Gasteiger partial charge is 0.227 e. The van der Waals surface area contributed by atoms with E-state index in [1.165, 1.54) is 6.92 Å². The van der Waals surface area contributed by atoms with E-state index in [-0.39, 0.29) is 5.91 Å². The summed E-state index contributed by atoms with van der Waals surface area (Å²) in [5.41, 5.74) is 5.07. The van der Waals surface area contributed by atoms with Crippen molar-refractivity contribution >= 4 is 23.2 Å². The predicted octanol–water partition coefficient (Wildman–Crippen LogP) is 4.34. The molecule has 144 valence electrons. The molecule has 29 heavy (non-hydrogen) atoms. The predicted molar refractivity (Wildman–Crippen MR) is 113 cm³/mol. The van der Waals surface area contributed by atoms with Crippen molar-refractivity contribution < 1.29 is 4.79 Å². The maximum atomic E-state index is 11.3. The summed E-state index contributed by atoms with van der Waals surface area (Å²) in [5.74, 6) is 0.348. The van der Waals surface area contributed by atoms with Gasteiger partial charge in [0.1, 0.15) is 0 Å². The molecule has 7 nitrogen and oxygen atoms in total. The van der Waals surface area contributed by atoms with Gasteiger partial charge in [0.15, 0.2) is 0 Å². The summed E-state index contributed by atoms with van der Waals surface area (Å²) in [5, 5.41) is 10.6. The number of para-hydroxylation sites is 1. The molecular weight excluding hydrogens is 364 g/mol. The first-order valence-electron chi connectivity index (χ1n) is 9.18. The van der Waals surface area contributed by atoms with Gasteiger partial charge < -0.3 is 10.6 Å². The first kappa shape index (κ1) is 18.4. The number of benzene rings is 2. The Balaban J connectivity index is 1.60. The number of rotatable bonds is 5. The van der Waals surface area contributed by atoms with Crippen LogP contribution in [0.25, 0.3) is 16.9 Å². The molecule has 2 heterocycles. The highest BCUT2D eigenvalue weighted by atomic mass is 16.1. The zero-order valence-electron chi connectivity index (χ0n) is 16.1. The van der Waals surface area contributed by atoms with Crippen molar-refractivity contribution in [2.45, 2.75) is 13.8 Å². The van der Waals surface area contributed by atoms with Crippen molar-refractivity contribution in [2.75, 3.05) is 10.6 Å². The molecule has 2 N–H and O–H groups in total. The van der Waals surface area contributed by atoms with Gasteiger partial charge in [-0.15, -0.1) is 0 Å². The number of anilines is 3. The average Bonchev–Trinajstić information content (AvgIpc) is 3.10. The maximum absolute atomic E-state index is 11.3. The number of amides is 1. The first-order valence-corrected chi connectivity index (χ1v) is 9.18. The zero-order chi connectivity index (χ0) is 20.2. The fraction of sp³-hybridized carbons (Fsp3) is 0.0909. The number of carbonyl (C=O) groups excluding carboxylic acids is 1. The molecule has 0 spiro atoms. The van der Waals surface area contributed by atoms with Crippen LogP contribution in [0.1, 0.15) is 12.6 Å². The lowest BCUT2D eigenvalue weighted by Crippen LogP contribution is -2.06. The first-order chi connectivity index (χ1) is 14.1. The molecule has 0 aliphatic rings. The second-order valence-corrected chi connectivity index (χ2v) is 6.56. The monoisotopic (exact) mass is 384 g/mol. The second kappa shape index (κ2) is 7.93. The maximum Gasteiger partial charge on any atom is 0.227 e. The molecule has 0 aliphatic carbocycles. The van der Waals surface area contributed by atoms with Crippen molar-refractivity contribution in [1.29, 1.82) is 0 Å². The molecule has 0 fully saturated rings. The van der Waals surface area contributed by atoms with Crippen molar-refractivity contribution in [2.24, 2.45) is 0 Å². The Hall–Kier alpha value is -4.00. The molecule has 0 saturated carbocycles. The summed E-state index contributed by atoms with van der Waals surface area (Å²) in [6, 6.07) is 19.2. The molecule has 0 atom stereocenters. The highest BCUT2D eigenvalue weighted by molar-refractivity contribution is 5.89. The Kier molecular flexibility index (Phi) is 5.03. The Bertz CT molecular complexity index is 1150. The van der Waals surface area contributed by atoms with Gasteiger partial charge in [-0.05, 0) is 43.3 Å². The summed E-state index contributed by atoms with van der Waals surface area (Å²) in [7, 11) is 0. The number of hydrogen-bond acceptors (Lipinski definition) is 5. The number of aromatic nitrogens is 4. The molecule has 0 unspecified atom stereocenters. The number of nitrogens with one attached hydrogen (secondary N) is 2.